The molecule has 1 unspecified atom stereocenters. The highest BCUT2D eigenvalue weighted by Gasteiger charge is 2.45. The Bertz CT molecular complexity index is 1260. The van der Waals surface area contributed by atoms with Crippen LogP contribution in [-0.4, -0.2) is 53.8 Å². The molecule has 0 radical (unpaired) electrons. The Labute approximate surface area is 216 Å². The van der Waals surface area contributed by atoms with Crippen LogP contribution in [0.4, 0.5) is 0 Å². The molecule has 3 aromatic rings. The van der Waals surface area contributed by atoms with Crippen molar-refractivity contribution in [3.8, 4) is 5.75 Å². The molecule has 186 valence electrons. The van der Waals surface area contributed by atoms with E-state index in [1.165, 1.54) is 0 Å². The number of likely N-dealkylation sites (tertiary alicyclic amines) is 1. The molecule has 1 amide bonds. The fourth-order valence-electron chi connectivity index (χ4n) is 4.29. The number of ketones is 1. The van der Waals surface area contributed by atoms with E-state index in [0.717, 1.165) is 12.1 Å². The average Bonchev–Trinajstić information content (AvgIpc) is 3.13. The first-order chi connectivity index (χ1) is 17.3. The van der Waals surface area contributed by atoms with E-state index >= 15 is 0 Å². The number of halogens is 1. The third-order valence-electron chi connectivity index (χ3n) is 6.08. The summed E-state index contributed by atoms with van der Waals surface area (Å²) in [5.41, 5.74) is 2.21. The van der Waals surface area contributed by atoms with Crippen LogP contribution >= 0.6 is 11.6 Å². The maximum absolute atomic E-state index is 13.2. The van der Waals surface area contributed by atoms with E-state index in [4.69, 9.17) is 16.3 Å². The Morgan fingerprint density at radius 3 is 2.42 bits per heavy atom. The van der Waals surface area contributed by atoms with Crippen molar-refractivity contribution in [2.24, 2.45) is 0 Å². The van der Waals surface area contributed by atoms with Crippen LogP contribution in [0.5, 0.6) is 5.75 Å². The van der Waals surface area contributed by atoms with Crippen LogP contribution < -0.4 is 4.74 Å². The second-order valence-corrected chi connectivity index (χ2v) is 9.44. The number of benzene rings is 3. The zero-order valence-corrected chi connectivity index (χ0v) is 21.1. The van der Waals surface area contributed by atoms with Crippen LogP contribution in [0.3, 0.4) is 0 Å². The highest BCUT2D eigenvalue weighted by atomic mass is 35.5. The second kappa shape index (κ2) is 11.4. The summed E-state index contributed by atoms with van der Waals surface area (Å²) in [5, 5.41) is 11.7. The fourth-order valence-corrected chi connectivity index (χ4v) is 4.42. The lowest BCUT2D eigenvalue weighted by Gasteiger charge is -2.26. The Hall–Kier alpha value is -3.61. The molecule has 1 saturated heterocycles. The first-order valence-corrected chi connectivity index (χ1v) is 12.2. The fraction of sp³-hybridized carbons (Fsp3) is 0.241. The molecule has 1 fully saturated rings. The minimum atomic E-state index is -0.733. The lowest BCUT2D eigenvalue weighted by atomic mass is 9.95. The molecular formula is C29H29ClN2O4. The summed E-state index contributed by atoms with van der Waals surface area (Å²) >= 11 is 6.00. The molecule has 1 N–H and O–H groups in total. The van der Waals surface area contributed by atoms with Gasteiger partial charge in [0, 0.05) is 17.1 Å². The number of hydrogen-bond acceptors (Lipinski definition) is 5. The Kier molecular flexibility index (Phi) is 8.08. The van der Waals surface area contributed by atoms with Crippen LogP contribution in [0.2, 0.25) is 5.02 Å². The van der Waals surface area contributed by atoms with Gasteiger partial charge in [0.05, 0.1) is 11.6 Å². The summed E-state index contributed by atoms with van der Waals surface area (Å²) in [7, 11) is 3.92. The quantitative estimate of drug-likeness (QED) is 0.243. The first kappa shape index (κ1) is 25.5. The SMILES string of the molecule is CN(C)CCCN1C(=O)C(=O)/C(=C(/O)c2ccc(Cl)cc2)C1c1cccc(OCc2ccccc2)c1. The third kappa shape index (κ3) is 5.78. The highest BCUT2D eigenvalue weighted by Crippen LogP contribution is 2.40. The zero-order chi connectivity index (χ0) is 25.7. The predicted molar refractivity (Wildman–Crippen MR) is 141 cm³/mol. The van der Waals surface area contributed by atoms with Crippen molar-refractivity contribution in [2.75, 3.05) is 27.2 Å². The predicted octanol–water partition coefficient (Wildman–Crippen LogP) is 5.29. The van der Waals surface area contributed by atoms with Crippen molar-refractivity contribution >= 4 is 29.1 Å². The molecule has 36 heavy (non-hydrogen) atoms. The summed E-state index contributed by atoms with van der Waals surface area (Å²) in [6.07, 6.45) is 0.682. The van der Waals surface area contributed by atoms with Crippen molar-refractivity contribution in [1.29, 1.82) is 0 Å². The molecule has 0 saturated carbocycles. The van der Waals surface area contributed by atoms with E-state index in [1.807, 2.05) is 73.6 Å². The largest absolute Gasteiger partial charge is 0.507 e. The molecule has 1 aliphatic rings. The molecule has 1 aliphatic heterocycles. The molecular weight excluding hydrogens is 476 g/mol. The summed E-state index contributed by atoms with van der Waals surface area (Å²) < 4.78 is 6.00. The van der Waals surface area contributed by atoms with E-state index < -0.39 is 17.7 Å². The van der Waals surface area contributed by atoms with Gasteiger partial charge in [-0.3, -0.25) is 9.59 Å². The van der Waals surface area contributed by atoms with Crippen LogP contribution in [0.25, 0.3) is 5.76 Å². The molecule has 0 aromatic heterocycles. The average molecular weight is 505 g/mol. The Balaban J connectivity index is 1.71. The molecule has 3 aromatic carbocycles. The van der Waals surface area contributed by atoms with Crippen LogP contribution in [-0.2, 0) is 16.2 Å². The normalized spacial score (nSPS) is 17.1. The topological polar surface area (TPSA) is 70.1 Å². The second-order valence-electron chi connectivity index (χ2n) is 9.00. The van der Waals surface area contributed by atoms with Gasteiger partial charge in [-0.2, -0.15) is 0 Å². The van der Waals surface area contributed by atoms with Crippen LogP contribution in [0, 0.1) is 0 Å². The monoisotopic (exact) mass is 504 g/mol. The van der Waals surface area contributed by atoms with Gasteiger partial charge in [-0.25, -0.2) is 0 Å². The van der Waals surface area contributed by atoms with E-state index in [-0.39, 0.29) is 11.3 Å². The van der Waals surface area contributed by atoms with E-state index in [1.54, 1.807) is 29.2 Å². The highest BCUT2D eigenvalue weighted by molar-refractivity contribution is 6.46. The molecule has 4 rings (SSSR count). The molecule has 1 heterocycles. The van der Waals surface area contributed by atoms with Crippen molar-refractivity contribution in [3.05, 3.63) is 106 Å². The number of Topliss-reactive ketones (excluding diaryl/α,β-unsaturated/α-hetero) is 1. The van der Waals surface area contributed by atoms with Crippen molar-refractivity contribution in [2.45, 2.75) is 19.1 Å². The summed E-state index contributed by atoms with van der Waals surface area (Å²) in [6, 6.07) is 23.0. The molecule has 0 aliphatic carbocycles. The minimum absolute atomic E-state index is 0.0624. The van der Waals surface area contributed by atoms with Crippen molar-refractivity contribution < 1.29 is 19.4 Å². The number of carbonyl (C=O) groups is 2. The standard InChI is InChI=1S/C29H29ClN2O4/c1-31(2)16-7-17-32-26(22-10-6-11-24(18-22)36-19-20-8-4-3-5-9-20)25(28(34)29(32)35)27(33)21-12-14-23(30)15-13-21/h3-6,8-15,18,26,33H,7,16-17,19H2,1-2H3/b27-25+. The summed E-state index contributed by atoms with van der Waals surface area (Å²) in [6.45, 7) is 1.52. The van der Waals surface area contributed by atoms with Gasteiger partial charge in [0.1, 0.15) is 18.1 Å². The van der Waals surface area contributed by atoms with E-state index in [9.17, 15) is 14.7 Å². The van der Waals surface area contributed by atoms with Crippen LogP contribution in [0.1, 0.15) is 29.2 Å². The van der Waals surface area contributed by atoms with Gasteiger partial charge in [0.2, 0.25) is 0 Å². The van der Waals surface area contributed by atoms with Crippen molar-refractivity contribution in [3.63, 3.8) is 0 Å². The number of carbonyl (C=O) groups excluding carboxylic acids is 2. The smallest absolute Gasteiger partial charge is 0.295 e. The first-order valence-electron chi connectivity index (χ1n) is 11.8. The number of hydrogen-bond donors (Lipinski definition) is 1. The maximum atomic E-state index is 13.2. The zero-order valence-electron chi connectivity index (χ0n) is 20.4. The number of aliphatic hydroxyl groups is 1. The van der Waals surface area contributed by atoms with Gasteiger partial charge in [-0.05, 0) is 74.6 Å². The number of aliphatic hydroxyl groups excluding tert-OH is 1. The molecule has 7 heteroatoms. The van der Waals surface area contributed by atoms with Gasteiger partial charge in [0.15, 0.2) is 0 Å². The minimum Gasteiger partial charge on any atom is -0.507 e. The van der Waals surface area contributed by atoms with Gasteiger partial charge >= 0.3 is 0 Å². The third-order valence-corrected chi connectivity index (χ3v) is 6.34. The Morgan fingerprint density at radius 1 is 1.00 bits per heavy atom. The number of rotatable bonds is 9. The number of amides is 1. The van der Waals surface area contributed by atoms with Gasteiger partial charge in [-0.15, -0.1) is 0 Å². The van der Waals surface area contributed by atoms with Crippen LogP contribution in [0.15, 0.2) is 84.4 Å². The molecule has 6 nitrogen and oxygen atoms in total. The summed E-state index contributed by atoms with van der Waals surface area (Å²) in [4.78, 5) is 29.9. The molecule has 0 spiro atoms. The van der Waals surface area contributed by atoms with E-state index in [0.29, 0.717) is 41.5 Å². The number of ether oxygens (including phenoxy) is 1. The number of nitrogens with zero attached hydrogens (tertiary/aromatic N) is 2. The molecule has 1 atom stereocenters. The van der Waals surface area contributed by atoms with Crippen molar-refractivity contribution in [1.82, 2.24) is 9.80 Å². The van der Waals surface area contributed by atoms with E-state index in [2.05, 4.69) is 0 Å². The lowest BCUT2D eigenvalue weighted by molar-refractivity contribution is -0.139. The maximum Gasteiger partial charge on any atom is 0.295 e. The molecule has 0 bridgehead atoms. The lowest BCUT2D eigenvalue weighted by Crippen LogP contribution is -2.32. The summed E-state index contributed by atoms with van der Waals surface area (Å²) in [5.74, 6) is -0.930. The van der Waals surface area contributed by atoms with Gasteiger partial charge in [0.25, 0.3) is 11.7 Å². The van der Waals surface area contributed by atoms with Gasteiger partial charge in [-0.1, -0.05) is 54.1 Å². The Morgan fingerprint density at radius 2 is 1.72 bits per heavy atom. The van der Waals surface area contributed by atoms with Gasteiger partial charge < -0.3 is 19.6 Å².